The first-order valence-electron chi connectivity index (χ1n) is 6.25. The topological polar surface area (TPSA) is 137 Å². The average molecular weight is 336 g/mol. The Kier molecular flexibility index (Phi) is 4.82. The number of aromatic nitrogens is 2. The molecule has 0 radical (unpaired) electrons. The molecule has 0 spiro atoms. The molecule has 1 aromatic rings. The van der Waals surface area contributed by atoms with Crippen LogP contribution in [-0.4, -0.2) is 61.4 Å². The normalized spacial score (nSPS) is 28.9. The summed E-state index contributed by atoms with van der Waals surface area (Å²) in [6.45, 7) is -0.422. The summed E-state index contributed by atoms with van der Waals surface area (Å²) in [5, 5.41) is 10.1. The van der Waals surface area contributed by atoms with E-state index in [1.54, 1.807) is 0 Å². The van der Waals surface area contributed by atoms with Crippen LogP contribution in [0.25, 0.3) is 0 Å². The van der Waals surface area contributed by atoms with Crippen molar-refractivity contribution in [1.29, 1.82) is 0 Å². The highest BCUT2D eigenvalue weighted by atomic mass is 32.2. The summed E-state index contributed by atoms with van der Waals surface area (Å²) in [4.78, 5) is 24.9. The van der Waals surface area contributed by atoms with E-state index >= 15 is 0 Å². The van der Waals surface area contributed by atoms with Gasteiger partial charge in [-0.15, -0.1) is 0 Å². The van der Waals surface area contributed by atoms with Crippen LogP contribution in [0.3, 0.4) is 0 Å². The van der Waals surface area contributed by atoms with Gasteiger partial charge in [0, 0.05) is 19.4 Å². The molecule has 0 amide bonds. The molecule has 0 aromatic carbocycles. The van der Waals surface area contributed by atoms with Crippen LogP contribution >= 0.6 is 0 Å². The monoisotopic (exact) mass is 336 g/mol. The number of H-pyrrole nitrogens is 1. The molecular formula is C11H16N2O8S. The van der Waals surface area contributed by atoms with Gasteiger partial charge in [-0.05, 0) is 0 Å². The van der Waals surface area contributed by atoms with E-state index in [4.69, 9.17) is 9.47 Å². The maximum atomic E-state index is 11.8. The first kappa shape index (κ1) is 16.8. The smallest absolute Gasteiger partial charge is 0.330 e. The average Bonchev–Trinajstić information content (AvgIpc) is 2.72. The molecule has 1 aliphatic heterocycles. The highest BCUT2D eigenvalue weighted by Gasteiger charge is 2.45. The van der Waals surface area contributed by atoms with E-state index in [1.807, 2.05) is 0 Å². The fraction of sp³-hybridized carbons (Fsp3) is 0.636. The Morgan fingerprint density at radius 2 is 2.14 bits per heavy atom. The third-order valence-corrected chi connectivity index (χ3v) is 3.72. The largest absolute Gasteiger partial charge is 0.387 e. The molecule has 1 saturated heterocycles. The van der Waals surface area contributed by atoms with Crippen LogP contribution in [0.5, 0.6) is 0 Å². The van der Waals surface area contributed by atoms with Gasteiger partial charge in [-0.2, -0.15) is 8.42 Å². The molecule has 0 aliphatic carbocycles. The molecular weight excluding hydrogens is 320 g/mol. The summed E-state index contributed by atoms with van der Waals surface area (Å²) < 4.78 is 38.2. The number of aliphatic hydroxyl groups is 1. The molecule has 11 heteroatoms. The molecule has 10 nitrogen and oxygen atoms in total. The van der Waals surface area contributed by atoms with E-state index in [-0.39, 0.29) is 0 Å². The van der Waals surface area contributed by atoms with Crippen LogP contribution in [0.1, 0.15) is 6.23 Å². The summed E-state index contributed by atoms with van der Waals surface area (Å²) in [5.41, 5.74) is -1.32. The van der Waals surface area contributed by atoms with Crippen molar-refractivity contribution in [2.75, 3.05) is 20.0 Å². The van der Waals surface area contributed by atoms with E-state index < -0.39 is 52.5 Å². The van der Waals surface area contributed by atoms with Gasteiger partial charge < -0.3 is 14.6 Å². The minimum Gasteiger partial charge on any atom is -0.387 e. The highest BCUT2D eigenvalue weighted by molar-refractivity contribution is 7.85. The van der Waals surface area contributed by atoms with E-state index in [0.29, 0.717) is 0 Å². The van der Waals surface area contributed by atoms with E-state index in [9.17, 15) is 23.1 Å². The molecule has 4 atom stereocenters. The number of rotatable bonds is 5. The lowest BCUT2D eigenvalue weighted by molar-refractivity contribution is -0.0599. The van der Waals surface area contributed by atoms with Crippen molar-refractivity contribution in [3.63, 3.8) is 0 Å². The van der Waals surface area contributed by atoms with Crippen molar-refractivity contribution >= 4 is 10.1 Å². The second-order valence-electron chi connectivity index (χ2n) is 4.76. The molecule has 1 aromatic heterocycles. The molecule has 22 heavy (non-hydrogen) atoms. The minimum atomic E-state index is -3.70. The second-order valence-corrected chi connectivity index (χ2v) is 6.41. The fourth-order valence-electron chi connectivity index (χ4n) is 2.15. The van der Waals surface area contributed by atoms with E-state index in [2.05, 4.69) is 9.17 Å². The third-order valence-electron chi connectivity index (χ3n) is 3.16. The van der Waals surface area contributed by atoms with Gasteiger partial charge in [-0.3, -0.25) is 18.5 Å². The zero-order chi connectivity index (χ0) is 16.5. The Bertz CT molecular complexity index is 739. The van der Waals surface area contributed by atoms with Gasteiger partial charge in [-0.25, -0.2) is 4.79 Å². The van der Waals surface area contributed by atoms with Crippen molar-refractivity contribution in [2.24, 2.45) is 0 Å². The first-order chi connectivity index (χ1) is 10.2. The Hall–Kier alpha value is -1.53. The molecule has 1 unspecified atom stereocenters. The molecule has 1 aliphatic rings. The van der Waals surface area contributed by atoms with E-state index in [0.717, 1.165) is 16.9 Å². The highest BCUT2D eigenvalue weighted by Crippen LogP contribution is 2.30. The number of aromatic amines is 1. The number of nitrogens with one attached hydrogen (secondary N) is 1. The van der Waals surface area contributed by atoms with Crippen LogP contribution < -0.4 is 11.2 Å². The van der Waals surface area contributed by atoms with Gasteiger partial charge in [0.15, 0.2) is 6.23 Å². The lowest BCUT2D eigenvalue weighted by Crippen LogP contribution is -2.38. The number of hydrogen-bond acceptors (Lipinski definition) is 8. The summed E-state index contributed by atoms with van der Waals surface area (Å²) in [6, 6.07) is 1.12. The summed E-state index contributed by atoms with van der Waals surface area (Å²) in [7, 11) is -2.40. The van der Waals surface area contributed by atoms with Crippen molar-refractivity contribution in [1.82, 2.24) is 9.55 Å². The number of nitrogens with zero attached hydrogens (tertiary/aromatic N) is 1. The molecule has 2 N–H and O–H groups in total. The molecule has 0 bridgehead atoms. The maximum Gasteiger partial charge on any atom is 0.330 e. The van der Waals surface area contributed by atoms with Crippen molar-refractivity contribution < 1.29 is 27.2 Å². The zero-order valence-corrected chi connectivity index (χ0v) is 12.6. The molecule has 1 fully saturated rings. The van der Waals surface area contributed by atoms with Gasteiger partial charge in [0.05, 0.1) is 12.9 Å². The van der Waals surface area contributed by atoms with Crippen molar-refractivity contribution in [3.05, 3.63) is 33.1 Å². The Morgan fingerprint density at radius 1 is 1.45 bits per heavy atom. The van der Waals surface area contributed by atoms with Crippen molar-refractivity contribution in [3.8, 4) is 0 Å². The zero-order valence-electron chi connectivity index (χ0n) is 11.8. The van der Waals surface area contributed by atoms with Gasteiger partial charge in [-0.1, -0.05) is 0 Å². The van der Waals surface area contributed by atoms with E-state index in [1.165, 1.54) is 13.3 Å². The SMILES string of the molecule is COC1[C@@H](O)[C@@H](COS(C)(=O)=O)O[C@H]1n1ccc(=O)[nH]c1=O. The summed E-state index contributed by atoms with van der Waals surface area (Å²) in [6.07, 6.45) is -2.12. The number of ether oxygens (including phenoxy) is 2. The molecule has 0 saturated carbocycles. The summed E-state index contributed by atoms with van der Waals surface area (Å²) >= 11 is 0. The van der Waals surface area contributed by atoms with Gasteiger partial charge in [0.25, 0.3) is 15.7 Å². The van der Waals surface area contributed by atoms with Gasteiger partial charge in [0.2, 0.25) is 0 Å². The predicted molar refractivity (Wildman–Crippen MR) is 72.8 cm³/mol. The molecule has 2 heterocycles. The predicted octanol–water partition coefficient (Wildman–Crippen LogP) is -2.21. The lowest BCUT2D eigenvalue weighted by atomic mass is 10.1. The second kappa shape index (κ2) is 6.30. The third kappa shape index (κ3) is 3.62. The Labute approximate surface area is 125 Å². The summed E-state index contributed by atoms with van der Waals surface area (Å²) in [5.74, 6) is 0. The van der Waals surface area contributed by atoms with Crippen LogP contribution in [0.2, 0.25) is 0 Å². The fourth-order valence-corrected chi connectivity index (χ4v) is 2.53. The number of aliphatic hydroxyl groups excluding tert-OH is 1. The van der Waals surface area contributed by atoms with Crippen LogP contribution in [-0.2, 0) is 23.8 Å². The van der Waals surface area contributed by atoms with Crippen molar-refractivity contribution in [2.45, 2.75) is 24.5 Å². The lowest BCUT2D eigenvalue weighted by Gasteiger charge is -2.19. The van der Waals surface area contributed by atoms with Crippen LogP contribution in [0.4, 0.5) is 0 Å². The standard InChI is InChI=1S/C11H16N2O8S/c1-19-9-8(15)6(5-20-22(2,17)18)21-10(9)13-4-3-7(14)12-11(13)16/h3-4,6,8-10,15H,5H2,1-2H3,(H,12,14,16)/t6-,8+,9?,10-/m1/s1. The van der Waals surface area contributed by atoms with Gasteiger partial charge >= 0.3 is 5.69 Å². The minimum absolute atomic E-state index is 0.422. The Balaban J connectivity index is 2.25. The van der Waals surface area contributed by atoms with Gasteiger partial charge in [0.1, 0.15) is 18.3 Å². The first-order valence-corrected chi connectivity index (χ1v) is 8.07. The molecule has 124 valence electrons. The number of hydrogen-bond donors (Lipinski definition) is 2. The van der Waals surface area contributed by atoms with Crippen LogP contribution in [0.15, 0.2) is 21.9 Å². The molecule has 2 rings (SSSR count). The quantitative estimate of drug-likeness (QED) is 0.577. The van der Waals surface area contributed by atoms with Crippen LogP contribution in [0, 0.1) is 0 Å². The number of methoxy groups -OCH3 is 1. The Morgan fingerprint density at radius 3 is 2.68 bits per heavy atom. The maximum absolute atomic E-state index is 11.8.